The van der Waals surface area contributed by atoms with E-state index in [2.05, 4.69) is 110 Å². The summed E-state index contributed by atoms with van der Waals surface area (Å²) < 4.78 is 0. The average Bonchev–Trinajstić information content (AvgIpc) is 2.70. The predicted molar refractivity (Wildman–Crippen MR) is 110 cm³/mol. The molecule has 3 rings (SSSR count). The van der Waals surface area contributed by atoms with Crippen molar-refractivity contribution in [2.45, 2.75) is 32.2 Å². The lowest BCUT2D eigenvalue weighted by molar-refractivity contribution is -0.692. The van der Waals surface area contributed by atoms with Gasteiger partial charge in [-0.3, -0.25) is 0 Å². The second-order valence-corrected chi connectivity index (χ2v) is 7.28. The molecule has 1 nitrogen and oxygen atoms in total. The van der Waals surface area contributed by atoms with Gasteiger partial charge in [0.1, 0.15) is 0 Å². The minimum atomic E-state index is 0.431. The van der Waals surface area contributed by atoms with Crippen molar-refractivity contribution in [3.63, 3.8) is 0 Å². The molecule has 2 N–H and O–H groups in total. The molecule has 0 amide bonds. The standard InChI is InChI=1S/C25H29N/c1-20(21(2)26-19-18-22-12-6-3-7-13-22)25(23-14-8-4-9-15-23)24-16-10-5-11-17-24/h3-17,20-21,25-26H,18-19H2,1-2H3/p+1/t20-,21+/m1/s1. The summed E-state index contributed by atoms with van der Waals surface area (Å²) in [6, 6.07) is 33.2. The molecule has 26 heavy (non-hydrogen) atoms. The van der Waals surface area contributed by atoms with Crippen molar-refractivity contribution in [1.29, 1.82) is 0 Å². The fraction of sp³-hybridized carbons (Fsp3) is 0.280. The summed E-state index contributed by atoms with van der Waals surface area (Å²) in [7, 11) is 0. The molecule has 0 aliphatic rings. The van der Waals surface area contributed by atoms with Gasteiger partial charge in [0.25, 0.3) is 0 Å². The highest BCUT2D eigenvalue weighted by Crippen LogP contribution is 2.32. The lowest BCUT2D eigenvalue weighted by Crippen LogP contribution is -2.91. The average molecular weight is 345 g/mol. The van der Waals surface area contributed by atoms with Crippen molar-refractivity contribution < 1.29 is 5.32 Å². The Bertz CT molecular complexity index is 712. The van der Waals surface area contributed by atoms with Gasteiger partial charge in [0.05, 0.1) is 12.6 Å². The molecule has 0 saturated carbocycles. The van der Waals surface area contributed by atoms with E-state index in [0.29, 0.717) is 17.9 Å². The highest BCUT2D eigenvalue weighted by molar-refractivity contribution is 5.33. The topological polar surface area (TPSA) is 16.6 Å². The normalized spacial score (nSPS) is 13.5. The zero-order valence-corrected chi connectivity index (χ0v) is 15.9. The van der Waals surface area contributed by atoms with Crippen molar-refractivity contribution in [1.82, 2.24) is 0 Å². The van der Waals surface area contributed by atoms with Gasteiger partial charge in [-0.2, -0.15) is 0 Å². The van der Waals surface area contributed by atoms with Gasteiger partial charge in [0.15, 0.2) is 0 Å². The van der Waals surface area contributed by atoms with Crippen LogP contribution in [0.4, 0.5) is 0 Å². The van der Waals surface area contributed by atoms with Crippen LogP contribution in [0.3, 0.4) is 0 Å². The molecule has 0 bridgehead atoms. The van der Waals surface area contributed by atoms with Crippen molar-refractivity contribution in [2.24, 2.45) is 5.92 Å². The molecule has 134 valence electrons. The Hall–Kier alpha value is -2.38. The molecule has 0 saturated heterocycles. The summed E-state index contributed by atoms with van der Waals surface area (Å²) >= 11 is 0. The number of quaternary nitrogens is 1. The first kappa shape index (κ1) is 18.4. The van der Waals surface area contributed by atoms with Crippen LogP contribution in [0.1, 0.15) is 36.5 Å². The molecule has 0 radical (unpaired) electrons. The first-order valence-corrected chi connectivity index (χ1v) is 9.73. The molecule has 0 heterocycles. The maximum absolute atomic E-state index is 2.51. The third-order valence-corrected chi connectivity index (χ3v) is 5.49. The minimum absolute atomic E-state index is 0.431. The van der Waals surface area contributed by atoms with E-state index in [4.69, 9.17) is 0 Å². The van der Waals surface area contributed by atoms with E-state index >= 15 is 0 Å². The van der Waals surface area contributed by atoms with E-state index in [9.17, 15) is 0 Å². The van der Waals surface area contributed by atoms with Crippen LogP contribution >= 0.6 is 0 Å². The second-order valence-electron chi connectivity index (χ2n) is 7.28. The van der Waals surface area contributed by atoms with Crippen LogP contribution in [0.5, 0.6) is 0 Å². The van der Waals surface area contributed by atoms with Gasteiger partial charge in [-0.05, 0) is 23.6 Å². The predicted octanol–water partition coefficient (Wildman–Crippen LogP) is 4.65. The van der Waals surface area contributed by atoms with E-state index in [0.717, 1.165) is 13.0 Å². The van der Waals surface area contributed by atoms with E-state index in [1.807, 2.05) is 0 Å². The van der Waals surface area contributed by atoms with Gasteiger partial charge >= 0.3 is 0 Å². The molecule has 3 aromatic carbocycles. The molecule has 2 atom stereocenters. The fourth-order valence-corrected chi connectivity index (χ4v) is 3.80. The molecular weight excluding hydrogens is 314 g/mol. The number of nitrogens with two attached hydrogens (primary N) is 1. The maximum Gasteiger partial charge on any atom is 0.0865 e. The molecule has 0 aliphatic heterocycles. The zero-order valence-electron chi connectivity index (χ0n) is 15.9. The SMILES string of the molecule is C[C@H]([NH2+]CCc1ccccc1)[C@@H](C)C(c1ccccc1)c1ccccc1. The highest BCUT2D eigenvalue weighted by Gasteiger charge is 2.27. The smallest absolute Gasteiger partial charge is 0.0865 e. The number of hydrogen-bond donors (Lipinski definition) is 1. The van der Waals surface area contributed by atoms with Crippen LogP contribution in [0.25, 0.3) is 0 Å². The number of hydrogen-bond acceptors (Lipinski definition) is 0. The Morgan fingerprint density at radius 3 is 1.62 bits per heavy atom. The first-order chi connectivity index (χ1) is 12.8. The molecule has 0 fully saturated rings. The highest BCUT2D eigenvalue weighted by atomic mass is 14.9. The summed E-state index contributed by atoms with van der Waals surface area (Å²) in [6.45, 7) is 5.90. The van der Waals surface area contributed by atoms with Crippen LogP contribution in [-0.2, 0) is 6.42 Å². The van der Waals surface area contributed by atoms with Crippen molar-refractivity contribution in [2.75, 3.05) is 6.54 Å². The van der Waals surface area contributed by atoms with E-state index < -0.39 is 0 Å². The molecule has 0 unspecified atom stereocenters. The maximum atomic E-state index is 2.51. The molecular formula is C25H30N+. The van der Waals surface area contributed by atoms with Crippen molar-refractivity contribution >= 4 is 0 Å². The van der Waals surface area contributed by atoms with Gasteiger partial charge in [-0.15, -0.1) is 0 Å². The summed E-state index contributed by atoms with van der Waals surface area (Å²) in [5.74, 6) is 0.982. The van der Waals surface area contributed by atoms with Gasteiger partial charge in [-0.25, -0.2) is 0 Å². The van der Waals surface area contributed by atoms with Gasteiger partial charge in [-0.1, -0.05) is 97.9 Å². The Labute approximate surface area is 158 Å². The summed E-state index contributed by atoms with van der Waals surface area (Å²) in [4.78, 5) is 0. The van der Waals surface area contributed by atoms with Crippen LogP contribution in [0.15, 0.2) is 91.0 Å². The third kappa shape index (κ3) is 4.83. The third-order valence-electron chi connectivity index (χ3n) is 5.49. The number of benzene rings is 3. The summed E-state index contributed by atoms with van der Waals surface area (Å²) in [5.41, 5.74) is 4.25. The van der Waals surface area contributed by atoms with E-state index in [-0.39, 0.29) is 0 Å². The Morgan fingerprint density at radius 1 is 0.654 bits per heavy atom. The zero-order chi connectivity index (χ0) is 18.2. The minimum Gasteiger partial charge on any atom is -0.344 e. The van der Waals surface area contributed by atoms with Gasteiger partial charge in [0, 0.05) is 18.3 Å². The van der Waals surface area contributed by atoms with E-state index in [1.54, 1.807) is 0 Å². The molecule has 0 aromatic heterocycles. The van der Waals surface area contributed by atoms with Crippen molar-refractivity contribution in [3.8, 4) is 0 Å². The Kier molecular flexibility index (Phi) is 6.62. The monoisotopic (exact) mass is 344 g/mol. The fourth-order valence-electron chi connectivity index (χ4n) is 3.80. The molecule has 1 heteroatoms. The van der Waals surface area contributed by atoms with Crippen LogP contribution in [0.2, 0.25) is 0 Å². The Balaban J connectivity index is 1.69. The molecule has 3 aromatic rings. The van der Waals surface area contributed by atoms with E-state index in [1.165, 1.54) is 16.7 Å². The molecule has 0 spiro atoms. The van der Waals surface area contributed by atoms with Crippen LogP contribution < -0.4 is 5.32 Å². The van der Waals surface area contributed by atoms with Gasteiger partial charge < -0.3 is 5.32 Å². The largest absolute Gasteiger partial charge is 0.344 e. The first-order valence-electron chi connectivity index (χ1n) is 9.73. The van der Waals surface area contributed by atoms with Crippen LogP contribution in [-0.4, -0.2) is 12.6 Å². The lowest BCUT2D eigenvalue weighted by atomic mass is 9.78. The summed E-state index contributed by atoms with van der Waals surface area (Å²) in [5, 5.41) is 2.51. The Morgan fingerprint density at radius 2 is 1.12 bits per heavy atom. The lowest BCUT2D eigenvalue weighted by Gasteiger charge is -2.28. The second kappa shape index (κ2) is 9.35. The molecule has 0 aliphatic carbocycles. The van der Waals surface area contributed by atoms with Crippen molar-refractivity contribution in [3.05, 3.63) is 108 Å². The van der Waals surface area contributed by atoms with Crippen LogP contribution in [0, 0.1) is 5.92 Å². The number of rotatable bonds is 8. The van der Waals surface area contributed by atoms with Gasteiger partial charge in [0.2, 0.25) is 0 Å². The quantitative estimate of drug-likeness (QED) is 0.612. The summed E-state index contributed by atoms with van der Waals surface area (Å²) in [6.07, 6.45) is 1.12.